The van der Waals surface area contributed by atoms with E-state index < -0.39 is 0 Å². The number of piperidine rings is 1. The molecule has 27 heavy (non-hydrogen) atoms. The second kappa shape index (κ2) is 8.85. The van der Waals surface area contributed by atoms with Crippen molar-refractivity contribution in [1.29, 1.82) is 0 Å². The van der Waals surface area contributed by atoms with Crippen LogP contribution in [-0.4, -0.2) is 29.7 Å². The van der Waals surface area contributed by atoms with Gasteiger partial charge >= 0.3 is 1.43 Å². The highest BCUT2D eigenvalue weighted by molar-refractivity contribution is 5.64. The van der Waals surface area contributed by atoms with Crippen LogP contribution in [0.2, 0.25) is 0 Å². The SMILES string of the molecule is Nc1cnc(-c2ccc(C3CCC3)c(OCC3CCNCC3)c2F)cn1.[Cl-].[H+]. The van der Waals surface area contributed by atoms with E-state index in [2.05, 4.69) is 15.3 Å². The van der Waals surface area contributed by atoms with Gasteiger partial charge < -0.3 is 28.2 Å². The molecule has 0 unspecified atom stereocenters. The number of hydrogen-bond donors (Lipinski definition) is 2. The Morgan fingerprint density at radius 3 is 2.56 bits per heavy atom. The van der Waals surface area contributed by atoms with E-state index in [1.807, 2.05) is 6.07 Å². The summed E-state index contributed by atoms with van der Waals surface area (Å²) in [4.78, 5) is 8.25. The molecule has 2 heterocycles. The van der Waals surface area contributed by atoms with Crippen LogP contribution >= 0.6 is 0 Å². The van der Waals surface area contributed by atoms with Crippen LogP contribution in [0.1, 0.15) is 45.0 Å². The molecule has 2 aliphatic rings. The maximum atomic E-state index is 15.4. The van der Waals surface area contributed by atoms with Gasteiger partial charge in [-0.2, -0.15) is 0 Å². The number of nitrogens with zero attached hydrogens (tertiary/aromatic N) is 2. The highest BCUT2D eigenvalue weighted by Crippen LogP contribution is 2.44. The van der Waals surface area contributed by atoms with Crippen LogP contribution in [0.5, 0.6) is 5.75 Å². The van der Waals surface area contributed by atoms with Gasteiger partial charge in [-0.05, 0) is 56.7 Å². The van der Waals surface area contributed by atoms with Gasteiger partial charge in [-0.1, -0.05) is 12.5 Å². The molecular formula is C20H26ClFN4O. The Labute approximate surface area is 166 Å². The van der Waals surface area contributed by atoms with Crippen molar-refractivity contribution in [3.8, 4) is 17.0 Å². The van der Waals surface area contributed by atoms with Crippen molar-refractivity contribution in [3.05, 3.63) is 35.9 Å². The summed E-state index contributed by atoms with van der Waals surface area (Å²) in [5.41, 5.74) is 7.48. The number of rotatable bonds is 5. The number of aromatic nitrogens is 2. The van der Waals surface area contributed by atoms with Gasteiger partial charge in [0.15, 0.2) is 11.6 Å². The van der Waals surface area contributed by atoms with Gasteiger partial charge in [-0.25, -0.2) is 9.37 Å². The van der Waals surface area contributed by atoms with Crippen LogP contribution < -0.4 is 28.2 Å². The molecule has 0 spiro atoms. The first-order valence-corrected chi connectivity index (χ1v) is 9.46. The fourth-order valence-electron chi connectivity index (χ4n) is 3.68. The quantitative estimate of drug-likeness (QED) is 0.780. The van der Waals surface area contributed by atoms with Crippen molar-refractivity contribution in [3.63, 3.8) is 0 Å². The monoisotopic (exact) mass is 392 g/mol. The summed E-state index contributed by atoms with van der Waals surface area (Å²) >= 11 is 0. The summed E-state index contributed by atoms with van der Waals surface area (Å²) in [5.74, 6) is 1.28. The average molecular weight is 393 g/mol. The number of halogens is 2. The van der Waals surface area contributed by atoms with Crippen molar-refractivity contribution in [2.24, 2.45) is 5.92 Å². The van der Waals surface area contributed by atoms with E-state index in [0.717, 1.165) is 44.3 Å². The summed E-state index contributed by atoms with van der Waals surface area (Å²) in [7, 11) is 0. The summed E-state index contributed by atoms with van der Waals surface area (Å²) in [6.45, 7) is 2.58. The molecule has 1 saturated carbocycles. The van der Waals surface area contributed by atoms with Crippen molar-refractivity contribution >= 4 is 5.82 Å². The topological polar surface area (TPSA) is 73.1 Å². The molecular weight excluding hydrogens is 367 g/mol. The molecule has 0 amide bonds. The number of benzene rings is 1. The normalized spacial score (nSPS) is 17.8. The second-order valence-corrected chi connectivity index (χ2v) is 7.30. The van der Waals surface area contributed by atoms with Crippen LogP contribution in [-0.2, 0) is 0 Å². The molecule has 1 aliphatic heterocycles. The lowest BCUT2D eigenvalue weighted by atomic mass is 9.79. The number of nitrogens with two attached hydrogens (primary N) is 1. The summed E-state index contributed by atoms with van der Waals surface area (Å²) in [6, 6.07) is 3.79. The molecule has 0 bridgehead atoms. The highest BCUT2D eigenvalue weighted by Gasteiger charge is 2.27. The molecule has 0 atom stereocenters. The molecule has 1 aliphatic carbocycles. The Morgan fingerprint density at radius 2 is 1.93 bits per heavy atom. The molecule has 5 nitrogen and oxygen atoms in total. The fraction of sp³-hybridized carbons (Fsp3) is 0.500. The molecule has 2 fully saturated rings. The van der Waals surface area contributed by atoms with Gasteiger partial charge in [0, 0.05) is 11.1 Å². The lowest BCUT2D eigenvalue weighted by molar-refractivity contribution is -0.00000629. The van der Waals surface area contributed by atoms with E-state index in [1.54, 1.807) is 6.07 Å². The Hall–Kier alpha value is -1.92. The van der Waals surface area contributed by atoms with Gasteiger partial charge in [-0.15, -0.1) is 0 Å². The third-order valence-electron chi connectivity index (χ3n) is 5.54. The zero-order valence-electron chi connectivity index (χ0n) is 16.3. The molecule has 1 aromatic carbocycles. The van der Waals surface area contributed by atoms with E-state index in [0.29, 0.717) is 41.3 Å². The van der Waals surface area contributed by atoms with Crippen molar-refractivity contribution in [2.45, 2.75) is 38.0 Å². The number of anilines is 1. The van der Waals surface area contributed by atoms with E-state index >= 15 is 4.39 Å². The summed E-state index contributed by atoms with van der Waals surface area (Å²) in [6.07, 6.45) is 8.50. The van der Waals surface area contributed by atoms with E-state index in [9.17, 15) is 0 Å². The number of nitrogens with one attached hydrogen (secondary N) is 1. The number of ether oxygens (including phenoxy) is 1. The van der Waals surface area contributed by atoms with Crippen molar-refractivity contribution < 1.29 is 23.0 Å². The number of nitrogen functional groups attached to an aromatic ring is 1. The smallest absolute Gasteiger partial charge is 1.00 e. The van der Waals surface area contributed by atoms with Crippen LogP contribution in [0.4, 0.5) is 10.2 Å². The van der Waals surface area contributed by atoms with Crippen LogP contribution in [0.15, 0.2) is 24.5 Å². The largest absolute Gasteiger partial charge is 1.00 e. The minimum Gasteiger partial charge on any atom is -1.00 e. The van der Waals surface area contributed by atoms with Crippen LogP contribution in [0.3, 0.4) is 0 Å². The van der Waals surface area contributed by atoms with E-state index in [4.69, 9.17) is 10.5 Å². The van der Waals surface area contributed by atoms with Gasteiger partial charge in [0.2, 0.25) is 0 Å². The number of hydrogen-bond acceptors (Lipinski definition) is 5. The average Bonchev–Trinajstić information content (AvgIpc) is 2.62. The van der Waals surface area contributed by atoms with E-state index in [1.165, 1.54) is 18.8 Å². The lowest BCUT2D eigenvalue weighted by Crippen LogP contribution is -3.00. The van der Waals surface area contributed by atoms with Gasteiger partial charge in [0.25, 0.3) is 0 Å². The molecule has 2 aromatic rings. The Morgan fingerprint density at radius 1 is 1.15 bits per heavy atom. The molecule has 146 valence electrons. The maximum absolute atomic E-state index is 15.4. The standard InChI is InChI=1S/C20H25FN4O.ClH/c21-19-16(17-10-25-18(22)11-24-17)5-4-15(14-2-1-3-14)20(19)26-12-13-6-8-23-9-7-13;/h4-5,10-11,13-14,23H,1-3,6-9,12H2,(H2,22,25);1H. The zero-order chi connectivity index (χ0) is 17.9. The van der Waals surface area contributed by atoms with Crippen molar-refractivity contribution in [2.75, 3.05) is 25.4 Å². The third-order valence-corrected chi connectivity index (χ3v) is 5.54. The molecule has 1 saturated heterocycles. The summed E-state index contributed by atoms with van der Waals surface area (Å²) in [5, 5.41) is 3.35. The summed E-state index contributed by atoms with van der Waals surface area (Å²) < 4.78 is 21.4. The Bertz CT molecular complexity index is 768. The minimum absolute atomic E-state index is 0. The molecule has 1 aromatic heterocycles. The minimum atomic E-state index is -0.331. The zero-order valence-corrected chi connectivity index (χ0v) is 16.0. The van der Waals surface area contributed by atoms with Crippen molar-refractivity contribution in [1.82, 2.24) is 15.3 Å². The van der Waals surface area contributed by atoms with Crippen LogP contribution in [0.25, 0.3) is 11.3 Å². The first-order chi connectivity index (χ1) is 12.7. The molecule has 7 heteroatoms. The molecule has 0 radical (unpaired) electrons. The highest BCUT2D eigenvalue weighted by atomic mass is 35.5. The molecule has 4 rings (SSSR count). The first kappa shape index (κ1) is 19.8. The predicted molar refractivity (Wildman–Crippen MR) is 101 cm³/mol. The molecule has 3 N–H and O–H groups in total. The van der Waals surface area contributed by atoms with E-state index in [-0.39, 0.29) is 19.7 Å². The third kappa shape index (κ3) is 4.33. The first-order valence-electron chi connectivity index (χ1n) is 9.46. The second-order valence-electron chi connectivity index (χ2n) is 7.30. The van der Waals surface area contributed by atoms with Gasteiger partial charge in [0.1, 0.15) is 5.82 Å². The van der Waals surface area contributed by atoms with Crippen LogP contribution in [0, 0.1) is 11.7 Å². The Balaban J connectivity index is 0.00000140. The van der Waals surface area contributed by atoms with Gasteiger partial charge in [0.05, 0.1) is 24.7 Å². The predicted octanol–water partition coefficient (Wildman–Crippen LogP) is 0.627. The van der Waals surface area contributed by atoms with Gasteiger partial charge in [-0.3, -0.25) is 4.98 Å². The Kier molecular flexibility index (Phi) is 6.50. The maximum Gasteiger partial charge on any atom is 1.00 e. The lowest BCUT2D eigenvalue weighted by Gasteiger charge is -2.29. The fourth-order valence-corrected chi connectivity index (χ4v) is 3.68.